The molecule has 1 unspecified atom stereocenters. The lowest BCUT2D eigenvalue weighted by molar-refractivity contribution is 0.403. The number of rotatable bonds is 7. The minimum absolute atomic E-state index is 0.437. The molecule has 0 aromatic heterocycles. The van der Waals surface area contributed by atoms with Crippen LogP contribution in [0.2, 0.25) is 0 Å². The van der Waals surface area contributed by atoms with E-state index in [9.17, 15) is 0 Å². The molecule has 0 aliphatic carbocycles. The Labute approximate surface area is 105 Å². The predicted octanol–water partition coefficient (Wildman–Crippen LogP) is 3.78. The van der Waals surface area contributed by atoms with Gasteiger partial charge in [-0.25, -0.2) is 0 Å². The van der Waals surface area contributed by atoms with E-state index in [0.717, 1.165) is 12.3 Å². The third-order valence-electron chi connectivity index (χ3n) is 3.04. The summed E-state index contributed by atoms with van der Waals surface area (Å²) >= 11 is 0. The summed E-state index contributed by atoms with van der Waals surface area (Å²) in [5, 5.41) is 3.63. The average molecular weight is 235 g/mol. The summed E-state index contributed by atoms with van der Waals surface area (Å²) in [6, 6.07) is 8.82. The Kier molecular flexibility index (Phi) is 6.06. The molecule has 0 bridgehead atoms. The maximum Gasteiger partial charge on any atom is 0.118 e. The minimum Gasteiger partial charge on any atom is -0.497 e. The van der Waals surface area contributed by atoms with Crippen molar-refractivity contribution in [3.63, 3.8) is 0 Å². The maximum atomic E-state index is 5.19. The van der Waals surface area contributed by atoms with Crippen LogP contribution in [-0.4, -0.2) is 13.7 Å². The second-order valence-corrected chi connectivity index (χ2v) is 4.80. The van der Waals surface area contributed by atoms with Gasteiger partial charge < -0.3 is 10.1 Å². The van der Waals surface area contributed by atoms with Crippen molar-refractivity contribution < 1.29 is 4.74 Å². The van der Waals surface area contributed by atoms with Gasteiger partial charge in [-0.2, -0.15) is 0 Å². The molecule has 0 heterocycles. The molecule has 0 aliphatic rings. The van der Waals surface area contributed by atoms with Crippen LogP contribution in [0.5, 0.6) is 5.75 Å². The minimum atomic E-state index is 0.437. The van der Waals surface area contributed by atoms with E-state index in [1.165, 1.54) is 18.4 Å². The average Bonchev–Trinajstić information content (AvgIpc) is 2.34. The number of ether oxygens (including phenoxy) is 1. The van der Waals surface area contributed by atoms with Crippen molar-refractivity contribution >= 4 is 0 Å². The molecule has 0 aliphatic heterocycles. The number of benzene rings is 1. The number of unbranched alkanes of at least 4 members (excludes halogenated alkanes) is 1. The molecule has 2 nitrogen and oxygen atoms in total. The molecule has 1 aromatic carbocycles. The lowest BCUT2D eigenvalue weighted by atomic mass is 9.96. The lowest BCUT2D eigenvalue weighted by Gasteiger charge is -2.23. The Bertz CT molecular complexity index is 305. The van der Waals surface area contributed by atoms with Crippen molar-refractivity contribution in [1.82, 2.24) is 5.32 Å². The van der Waals surface area contributed by atoms with E-state index in [1.807, 2.05) is 12.1 Å². The fourth-order valence-electron chi connectivity index (χ4n) is 1.98. The second kappa shape index (κ2) is 7.33. The highest BCUT2D eigenvalue weighted by molar-refractivity contribution is 5.29. The van der Waals surface area contributed by atoms with Crippen LogP contribution in [0.3, 0.4) is 0 Å². The molecular formula is C15H25NO. The molecule has 0 radical (unpaired) electrons. The van der Waals surface area contributed by atoms with E-state index in [4.69, 9.17) is 4.74 Å². The fourth-order valence-corrected chi connectivity index (χ4v) is 1.98. The molecule has 0 spiro atoms. The van der Waals surface area contributed by atoms with Crippen LogP contribution in [0.1, 0.15) is 45.2 Å². The van der Waals surface area contributed by atoms with Gasteiger partial charge in [-0.3, -0.25) is 0 Å². The smallest absolute Gasteiger partial charge is 0.118 e. The third kappa shape index (κ3) is 4.39. The summed E-state index contributed by atoms with van der Waals surface area (Å²) in [6.07, 6.45) is 2.47. The maximum absolute atomic E-state index is 5.19. The zero-order valence-corrected chi connectivity index (χ0v) is 11.5. The molecule has 96 valence electrons. The molecule has 17 heavy (non-hydrogen) atoms. The van der Waals surface area contributed by atoms with Gasteiger partial charge in [0.25, 0.3) is 0 Å². The summed E-state index contributed by atoms with van der Waals surface area (Å²) in [7, 11) is 1.70. The first-order valence-corrected chi connectivity index (χ1v) is 6.56. The highest BCUT2D eigenvalue weighted by Gasteiger charge is 2.14. The first-order chi connectivity index (χ1) is 8.19. The summed E-state index contributed by atoms with van der Waals surface area (Å²) in [6.45, 7) is 7.83. The van der Waals surface area contributed by atoms with E-state index < -0.39 is 0 Å². The number of hydrogen-bond donors (Lipinski definition) is 1. The largest absolute Gasteiger partial charge is 0.497 e. The van der Waals surface area contributed by atoms with Gasteiger partial charge in [0, 0.05) is 6.04 Å². The Morgan fingerprint density at radius 3 is 2.29 bits per heavy atom. The number of methoxy groups -OCH3 is 1. The molecule has 1 N–H and O–H groups in total. The molecule has 1 atom stereocenters. The highest BCUT2D eigenvalue weighted by atomic mass is 16.5. The second-order valence-electron chi connectivity index (χ2n) is 4.80. The summed E-state index contributed by atoms with van der Waals surface area (Å²) < 4.78 is 5.19. The quantitative estimate of drug-likeness (QED) is 0.726. The van der Waals surface area contributed by atoms with E-state index in [2.05, 4.69) is 38.2 Å². The van der Waals surface area contributed by atoms with Gasteiger partial charge in [0.1, 0.15) is 5.75 Å². The Morgan fingerprint density at radius 1 is 1.18 bits per heavy atom. The normalized spacial score (nSPS) is 12.8. The standard InChI is InChI=1S/C15H25NO/c1-5-6-11-16-15(12(2)3)13-7-9-14(17-4)10-8-13/h7-10,12,15-16H,5-6,11H2,1-4H3. The van der Waals surface area contributed by atoms with E-state index >= 15 is 0 Å². The van der Waals surface area contributed by atoms with Crippen LogP contribution in [0.4, 0.5) is 0 Å². The topological polar surface area (TPSA) is 21.3 Å². The van der Waals surface area contributed by atoms with Crippen molar-refractivity contribution in [3.05, 3.63) is 29.8 Å². The Hall–Kier alpha value is -1.02. The summed E-state index contributed by atoms with van der Waals surface area (Å²) in [4.78, 5) is 0. The van der Waals surface area contributed by atoms with Crippen molar-refractivity contribution in [3.8, 4) is 5.75 Å². The van der Waals surface area contributed by atoms with Gasteiger partial charge in [-0.05, 0) is 36.6 Å². The fraction of sp³-hybridized carbons (Fsp3) is 0.600. The molecule has 0 saturated heterocycles. The van der Waals surface area contributed by atoms with Crippen molar-refractivity contribution in [2.45, 2.75) is 39.7 Å². The van der Waals surface area contributed by atoms with Crippen molar-refractivity contribution in [2.75, 3.05) is 13.7 Å². The number of nitrogens with one attached hydrogen (secondary N) is 1. The number of hydrogen-bond acceptors (Lipinski definition) is 2. The van der Waals surface area contributed by atoms with Gasteiger partial charge in [0.15, 0.2) is 0 Å². The molecular weight excluding hydrogens is 210 g/mol. The van der Waals surface area contributed by atoms with Gasteiger partial charge in [-0.1, -0.05) is 39.3 Å². The van der Waals surface area contributed by atoms with Crippen LogP contribution in [0.15, 0.2) is 24.3 Å². The SMILES string of the molecule is CCCCNC(c1ccc(OC)cc1)C(C)C. The first kappa shape index (κ1) is 14.0. The predicted molar refractivity (Wildman–Crippen MR) is 73.5 cm³/mol. The van der Waals surface area contributed by atoms with Gasteiger partial charge in [0.05, 0.1) is 7.11 Å². The monoisotopic (exact) mass is 235 g/mol. The van der Waals surface area contributed by atoms with Gasteiger partial charge >= 0.3 is 0 Å². The van der Waals surface area contributed by atoms with Gasteiger partial charge in [-0.15, -0.1) is 0 Å². The molecule has 1 rings (SSSR count). The molecule has 0 saturated carbocycles. The third-order valence-corrected chi connectivity index (χ3v) is 3.04. The zero-order chi connectivity index (χ0) is 12.7. The van der Waals surface area contributed by atoms with Crippen LogP contribution in [-0.2, 0) is 0 Å². The van der Waals surface area contributed by atoms with Crippen LogP contribution < -0.4 is 10.1 Å². The molecule has 1 aromatic rings. The highest BCUT2D eigenvalue weighted by Crippen LogP contribution is 2.23. The van der Waals surface area contributed by atoms with E-state index in [-0.39, 0.29) is 0 Å². The van der Waals surface area contributed by atoms with Crippen LogP contribution in [0.25, 0.3) is 0 Å². The summed E-state index contributed by atoms with van der Waals surface area (Å²) in [5.74, 6) is 1.52. The summed E-state index contributed by atoms with van der Waals surface area (Å²) in [5.41, 5.74) is 1.34. The van der Waals surface area contributed by atoms with Crippen LogP contribution in [0, 0.1) is 5.92 Å². The van der Waals surface area contributed by atoms with Crippen molar-refractivity contribution in [2.24, 2.45) is 5.92 Å². The zero-order valence-electron chi connectivity index (χ0n) is 11.5. The van der Waals surface area contributed by atoms with Crippen molar-refractivity contribution in [1.29, 1.82) is 0 Å². The molecule has 0 amide bonds. The molecule has 0 fully saturated rings. The Balaban J connectivity index is 2.68. The molecule has 2 heteroatoms. The lowest BCUT2D eigenvalue weighted by Crippen LogP contribution is -2.26. The van der Waals surface area contributed by atoms with E-state index in [0.29, 0.717) is 12.0 Å². The van der Waals surface area contributed by atoms with E-state index in [1.54, 1.807) is 7.11 Å². The van der Waals surface area contributed by atoms with Gasteiger partial charge in [0.2, 0.25) is 0 Å². The Morgan fingerprint density at radius 2 is 1.82 bits per heavy atom. The van der Waals surface area contributed by atoms with Crippen LogP contribution >= 0.6 is 0 Å². The first-order valence-electron chi connectivity index (χ1n) is 6.56.